The molecule has 200 valence electrons. The first-order valence-electron chi connectivity index (χ1n) is 13.1. The van der Waals surface area contributed by atoms with Crippen LogP contribution in [0.25, 0.3) is 21.3 Å². The van der Waals surface area contributed by atoms with Gasteiger partial charge in [-0.25, -0.2) is 12.7 Å². The van der Waals surface area contributed by atoms with Crippen LogP contribution in [0.3, 0.4) is 0 Å². The molecule has 0 spiro atoms. The fraction of sp³-hybridized carbons (Fsp3) is 0.519. The number of amides is 1. The highest BCUT2D eigenvalue weighted by molar-refractivity contribution is 7.89. The van der Waals surface area contributed by atoms with Gasteiger partial charge in [0.25, 0.3) is 0 Å². The van der Waals surface area contributed by atoms with Gasteiger partial charge in [-0.05, 0) is 84.8 Å². The summed E-state index contributed by atoms with van der Waals surface area (Å²) in [6.45, 7) is 3.49. The Kier molecular flexibility index (Phi) is 8.02. The van der Waals surface area contributed by atoms with E-state index in [2.05, 4.69) is 22.0 Å². The molecule has 0 aliphatic carbocycles. The summed E-state index contributed by atoms with van der Waals surface area (Å²) in [6, 6.07) is 8.31. The third-order valence-electron chi connectivity index (χ3n) is 7.79. The van der Waals surface area contributed by atoms with Gasteiger partial charge in [0, 0.05) is 48.2 Å². The van der Waals surface area contributed by atoms with Gasteiger partial charge in [0.1, 0.15) is 0 Å². The molecule has 4 N–H and O–H groups in total. The van der Waals surface area contributed by atoms with Crippen LogP contribution in [0.1, 0.15) is 49.1 Å². The summed E-state index contributed by atoms with van der Waals surface area (Å²) in [5.41, 5.74) is 9.63. The standard InChI is InChI=1S/C27H36N4O4S2/c28-26(33)17-21-15-20(25-3-1-13-36-25)16-23-24(18-29-27(21)23)19-4-11-31(12-5-19)37(34,35)14-2-8-30-9-6-22(32)7-10-30/h1,3,13,15-16,18-19,22,29,32H,2,4-12,14,17H2,(H2,28,33). The highest BCUT2D eigenvalue weighted by Crippen LogP contribution is 2.38. The van der Waals surface area contributed by atoms with E-state index in [0.717, 1.165) is 72.2 Å². The van der Waals surface area contributed by atoms with Crippen molar-refractivity contribution in [1.29, 1.82) is 0 Å². The van der Waals surface area contributed by atoms with Gasteiger partial charge in [0.05, 0.1) is 18.3 Å². The van der Waals surface area contributed by atoms with E-state index in [1.165, 1.54) is 5.56 Å². The number of fused-ring (bicyclic) bond motifs is 1. The van der Waals surface area contributed by atoms with Crippen molar-refractivity contribution < 1.29 is 18.3 Å². The van der Waals surface area contributed by atoms with Crippen molar-refractivity contribution in [2.24, 2.45) is 5.73 Å². The fourth-order valence-corrected chi connectivity index (χ4v) is 8.00. The lowest BCUT2D eigenvalue weighted by molar-refractivity contribution is -0.117. The predicted octanol–water partition coefficient (Wildman–Crippen LogP) is 3.28. The molecule has 0 radical (unpaired) electrons. The average molecular weight is 545 g/mol. The van der Waals surface area contributed by atoms with E-state index in [1.807, 2.05) is 23.7 Å². The van der Waals surface area contributed by atoms with Crippen LogP contribution in [0, 0.1) is 0 Å². The lowest BCUT2D eigenvalue weighted by atomic mass is 9.89. The second-order valence-corrected chi connectivity index (χ2v) is 13.4. The minimum Gasteiger partial charge on any atom is -0.393 e. The normalized spacial score (nSPS) is 19.1. The number of aromatic nitrogens is 1. The highest BCUT2D eigenvalue weighted by atomic mass is 32.2. The van der Waals surface area contributed by atoms with Crippen LogP contribution in [0.15, 0.2) is 35.8 Å². The minimum atomic E-state index is -3.29. The lowest BCUT2D eigenvalue weighted by Crippen LogP contribution is -2.40. The fourth-order valence-electron chi connectivity index (χ4n) is 5.77. The maximum absolute atomic E-state index is 13.0. The first-order valence-corrected chi connectivity index (χ1v) is 15.6. The number of carbonyl (C=O) groups excluding carboxylic acids is 1. The molecule has 2 aliphatic rings. The van der Waals surface area contributed by atoms with Gasteiger partial charge in [-0.1, -0.05) is 6.07 Å². The van der Waals surface area contributed by atoms with Crippen LogP contribution < -0.4 is 5.73 Å². The Morgan fingerprint density at radius 3 is 2.57 bits per heavy atom. The topological polar surface area (TPSA) is 120 Å². The summed E-state index contributed by atoms with van der Waals surface area (Å²) in [6.07, 6.45) is 5.68. The number of sulfonamides is 1. The molecular formula is C27H36N4O4S2. The number of benzene rings is 1. The molecule has 2 aromatic heterocycles. The zero-order valence-electron chi connectivity index (χ0n) is 21.1. The average Bonchev–Trinajstić information content (AvgIpc) is 3.56. The lowest BCUT2D eigenvalue weighted by Gasteiger charge is -2.32. The number of nitrogens with zero attached hydrogens (tertiary/aromatic N) is 2. The number of hydrogen-bond donors (Lipinski definition) is 3. The summed E-state index contributed by atoms with van der Waals surface area (Å²) in [5, 5.41) is 12.8. The number of rotatable bonds is 9. The number of aliphatic hydroxyl groups excluding tert-OH is 1. The largest absolute Gasteiger partial charge is 0.393 e. The second kappa shape index (κ2) is 11.2. The van der Waals surface area contributed by atoms with E-state index in [-0.39, 0.29) is 30.1 Å². The molecule has 4 heterocycles. The molecule has 37 heavy (non-hydrogen) atoms. The quantitative estimate of drug-likeness (QED) is 0.382. The number of nitrogens with one attached hydrogen (secondary N) is 1. The Bertz CT molecular complexity index is 1320. The molecule has 3 aromatic rings. The van der Waals surface area contributed by atoms with Gasteiger partial charge in [0.15, 0.2) is 0 Å². The Morgan fingerprint density at radius 2 is 1.89 bits per heavy atom. The van der Waals surface area contributed by atoms with Crippen LogP contribution in [0.4, 0.5) is 0 Å². The molecule has 0 saturated carbocycles. The van der Waals surface area contributed by atoms with E-state index < -0.39 is 10.0 Å². The first-order chi connectivity index (χ1) is 17.8. The summed E-state index contributed by atoms with van der Waals surface area (Å²) in [4.78, 5) is 18.5. The van der Waals surface area contributed by atoms with Gasteiger partial charge in [0.2, 0.25) is 15.9 Å². The van der Waals surface area contributed by atoms with E-state index in [1.54, 1.807) is 15.6 Å². The molecule has 8 nitrogen and oxygen atoms in total. The monoisotopic (exact) mass is 544 g/mol. The van der Waals surface area contributed by atoms with Gasteiger partial charge < -0.3 is 20.7 Å². The third-order valence-corrected chi connectivity index (χ3v) is 10.7. The van der Waals surface area contributed by atoms with E-state index in [9.17, 15) is 18.3 Å². The van der Waals surface area contributed by atoms with Crippen molar-refractivity contribution in [3.63, 3.8) is 0 Å². The van der Waals surface area contributed by atoms with Crippen molar-refractivity contribution in [3.05, 3.63) is 47.0 Å². The number of hydrogen-bond acceptors (Lipinski definition) is 6. The number of nitrogens with two attached hydrogens (primary N) is 1. The van der Waals surface area contributed by atoms with Crippen molar-refractivity contribution in [3.8, 4) is 10.4 Å². The molecule has 2 fully saturated rings. The zero-order chi connectivity index (χ0) is 26.0. The minimum absolute atomic E-state index is 0.171. The number of aliphatic hydroxyl groups is 1. The van der Waals surface area contributed by atoms with Crippen LogP contribution >= 0.6 is 11.3 Å². The third kappa shape index (κ3) is 6.09. The van der Waals surface area contributed by atoms with Crippen molar-refractivity contribution in [2.45, 2.75) is 50.5 Å². The maximum atomic E-state index is 13.0. The summed E-state index contributed by atoms with van der Waals surface area (Å²) < 4.78 is 27.7. The van der Waals surface area contributed by atoms with Crippen molar-refractivity contribution in [1.82, 2.24) is 14.2 Å². The molecule has 2 saturated heterocycles. The summed E-state index contributed by atoms with van der Waals surface area (Å²) >= 11 is 1.66. The Morgan fingerprint density at radius 1 is 1.14 bits per heavy atom. The zero-order valence-corrected chi connectivity index (χ0v) is 22.7. The van der Waals surface area contributed by atoms with Crippen LogP contribution in [0.2, 0.25) is 0 Å². The highest BCUT2D eigenvalue weighted by Gasteiger charge is 2.30. The molecular weight excluding hydrogens is 508 g/mol. The van der Waals surface area contributed by atoms with E-state index in [0.29, 0.717) is 19.5 Å². The maximum Gasteiger partial charge on any atom is 0.221 e. The molecule has 0 atom stereocenters. The first kappa shape index (κ1) is 26.4. The molecule has 5 rings (SSSR count). The predicted molar refractivity (Wildman–Crippen MR) is 148 cm³/mol. The number of likely N-dealkylation sites (tertiary alicyclic amines) is 1. The van der Waals surface area contributed by atoms with E-state index in [4.69, 9.17) is 5.73 Å². The Labute approximate surface area is 222 Å². The Hall–Kier alpha value is -2.24. The number of piperidine rings is 2. The molecule has 0 unspecified atom stereocenters. The molecule has 1 aromatic carbocycles. The van der Waals surface area contributed by atoms with Crippen molar-refractivity contribution >= 4 is 38.2 Å². The summed E-state index contributed by atoms with van der Waals surface area (Å²) in [5.74, 6) is 0.0574. The number of carbonyl (C=O) groups is 1. The van der Waals surface area contributed by atoms with Crippen LogP contribution in [-0.2, 0) is 21.2 Å². The van der Waals surface area contributed by atoms with Gasteiger partial charge >= 0.3 is 0 Å². The molecule has 0 bridgehead atoms. The number of H-pyrrole nitrogens is 1. The van der Waals surface area contributed by atoms with Crippen molar-refractivity contribution in [2.75, 3.05) is 38.5 Å². The smallest absolute Gasteiger partial charge is 0.221 e. The van der Waals surface area contributed by atoms with E-state index >= 15 is 0 Å². The number of aromatic amines is 1. The number of primary amides is 1. The van der Waals surface area contributed by atoms with Gasteiger partial charge in [-0.2, -0.15) is 0 Å². The Balaban J connectivity index is 1.25. The van der Waals surface area contributed by atoms with Crippen LogP contribution in [0.5, 0.6) is 0 Å². The molecule has 2 aliphatic heterocycles. The summed E-state index contributed by atoms with van der Waals surface area (Å²) in [7, 11) is -3.29. The molecule has 1 amide bonds. The number of thiophene rings is 1. The SMILES string of the molecule is NC(=O)Cc1cc(-c2cccs2)cc2c(C3CCN(S(=O)(=O)CCCN4CCC(O)CC4)CC3)c[nH]c12. The second-order valence-electron chi connectivity index (χ2n) is 10.3. The van der Waals surface area contributed by atoms with Crippen LogP contribution in [-0.4, -0.2) is 78.2 Å². The van der Waals surface area contributed by atoms with Gasteiger partial charge in [-0.15, -0.1) is 11.3 Å². The van der Waals surface area contributed by atoms with Gasteiger partial charge in [-0.3, -0.25) is 4.79 Å². The molecule has 10 heteroatoms.